The molecule has 0 unspecified atom stereocenters. The van der Waals surface area contributed by atoms with Crippen molar-refractivity contribution < 1.29 is 19.1 Å². The van der Waals surface area contributed by atoms with E-state index in [1.165, 1.54) is 0 Å². The highest BCUT2D eigenvalue weighted by Crippen LogP contribution is 2.25. The summed E-state index contributed by atoms with van der Waals surface area (Å²) >= 11 is 1.16. The van der Waals surface area contributed by atoms with Crippen molar-refractivity contribution in [1.82, 2.24) is 10.2 Å². The van der Waals surface area contributed by atoms with Crippen LogP contribution >= 0.6 is 11.3 Å². The van der Waals surface area contributed by atoms with E-state index in [1.807, 2.05) is 25.1 Å². The van der Waals surface area contributed by atoms with Crippen molar-refractivity contribution in [3.8, 4) is 11.5 Å². The first-order valence-corrected chi connectivity index (χ1v) is 10.0. The Labute approximate surface area is 178 Å². The van der Waals surface area contributed by atoms with Crippen LogP contribution in [0.15, 0.2) is 42.5 Å². The van der Waals surface area contributed by atoms with Gasteiger partial charge in [0.15, 0.2) is 0 Å². The summed E-state index contributed by atoms with van der Waals surface area (Å²) in [4.78, 5) is 24.6. The van der Waals surface area contributed by atoms with Crippen LogP contribution in [0.5, 0.6) is 11.5 Å². The Balaban J connectivity index is 1.54. The molecule has 1 aromatic heterocycles. The lowest BCUT2D eigenvalue weighted by molar-refractivity contribution is -0.116. The van der Waals surface area contributed by atoms with Gasteiger partial charge in [-0.1, -0.05) is 17.4 Å². The number of anilines is 2. The van der Waals surface area contributed by atoms with E-state index < -0.39 is 0 Å². The Morgan fingerprint density at radius 3 is 2.47 bits per heavy atom. The Morgan fingerprint density at radius 2 is 1.77 bits per heavy atom. The fourth-order valence-electron chi connectivity index (χ4n) is 2.66. The van der Waals surface area contributed by atoms with E-state index in [1.54, 1.807) is 38.5 Å². The van der Waals surface area contributed by atoms with Crippen LogP contribution < -0.4 is 20.1 Å². The van der Waals surface area contributed by atoms with Gasteiger partial charge in [-0.25, -0.2) is 0 Å². The number of rotatable bonds is 8. The third-order valence-electron chi connectivity index (χ3n) is 4.20. The van der Waals surface area contributed by atoms with Gasteiger partial charge < -0.3 is 20.1 Å². The lowest BCUT2D eigenvalue weighted by Gasteiger charge is -2.10. The molecule has 0 atom stereocenters. The molecule has 0 bridgehead atoms. The largest absolute Gasteiger partial charge is 0.497 e. The minimum atomic E-state index is -0.349. The van der Waals surface area contributed by atoms with E-state index in [0.29, 0.717) is 34.3 Å². The van der Waals surface area contributed by atoms with Crippen LogP contribution in [0.25, 0.3) is 0 Å². The van der Waals surface area contributed by atoms with Gasteiger partial charge in [0.25, 0.3) is 5.91 Å². The van der Waals surface area contributed by atoms with Crippen molar-refractivity contribution in [2.45, 2.75) is 19.8 Å². The molecule has 0 saturated heterocycles. The summed E-state index contributed by atoms with van der Waals surface area (Å²) in [6.07, 6.45) is 0.597. The number of amides is 2. The van der Waals surface area contributed by atoms with Crippen molar-refractivity contribution in [2.75, 3.05) is 24.9 Å². The number of hydrogen-bond acceptors (Lipinski definition) is 7. The second-order valence-electron chi connectivity index (χ2n) is 6.44. The van der Waals surface area contributed by atoms with E-state index in [9.17, 15) is 9.59 Å². The predicted molar refractivity (Wildman–Crippen MR) is 116 cm³/mol. The molecule has 0 spiro atoms. The van der Waals surface area contributed by atoms with Crippen LogP contribution in [0.3, 0.4) is 0 Å². The molecule has 0 saturated carbocycles. The molecule has 3 aromatic rings. The van der Waals surface area contributed by atoms with Crippen molar-refractivity contribution in [3.63, 3.8) is 0 Å². The number of aryl methyl sites for hydroxylation is 2. The molecule has 2 amide bonds. The molecular weight excluding hydrogens is 404 g/mol. The molecule has 0 radical (unpaired) electrons. The normalized spacial score (nSPS) is 10.4. The van der Waals surface area contributed by atoms with Gasteiger partial charge in [-0.15, -0.1) is 10.2 Å². The molecule has 2 N–H and O–H groups in total. The zero-order valence-electron chi connectivity index (χ0n) is 16.9. The molecule has 2 aromatic carbocycles. The summed E-state index contributed by atoms with van der Waals surface area (Å²) in [5.74, 6) is 0.784. The maximum Gasteiger partial charge on any atom is 0.286 e. The minimum absolute atomic E-state index is 0.168. The molecule has 30 heavy (non-hydrogen) atoms. The maximum atomic E-state index is 12.3. The summed E-state index contributed by atoms with van der Waals surface area (Å²) in [5.41, 5.74) is 2.27. The molecule has 0 aliphatic carbocycles. The van der Waals surface area contributed by atoms with Crippen LogP contribution in [0, 0.1) is 6.92 Å². The number of aromatic nitrogens is 2. The number of benzene rings is 2. The molecule has 9 heteroatoms. The van der Waals surface area contributed by atoms with Crippen molar-refractivity contribution in [2.24, 2.45) is 0 Å². The highest BCUT2D eigenvalue weighted by atomic mass is 32.1. The van der Waals surface area contributed by atoms with Crippen LogP contribution in [0.4, 0.5) is 11.4 Å². The highest BCUT2D eigenvalue weighted by molar-refractivity contribution is 7.13. The summed E-state index contributed by atoms with van der Waals surface area (Å²) in [6.45, 7) is 1.94. The van der Waals surface area contributed by atoms with Crippen LogP contribution in [-0.4, -0.2) is 36.2 Å². The van der Waals surface area contributed by atoms with Gasteiger partial charge in [-0.05, 0) is 48.9 Å². The third kappa shape index (κ3) is 5.54. The van der Waals surface area contributed by atoms with Gasteiger partial charge in [0, 0.05) is 18.5 Å². The molecule has 0 fully saturated rings. The number of carbonyl (C=O) groups excluding carboxylic acids is 2. The van der Waals surface area contributed by atoms with Crippen LogP contribution in [0.2, 0.25) is 0 Å². The monoisotopic (exact) mass is 426 g/mol. The van der Waals surface area contributed by atoms with Gasteiger partial charge >= 0.3 is 0 Å². The van der Waals surface area contributed by atoms with Crippen LogP contribution in [-0.2, 0) is 11.2 Å². The molecule has 3 rings (SSSR count). The van der Waals surface area contributed by atoms with Crippen LogP contribution in [0.1, 0.15) is 26.8 Å². The Kier molecular flexibility index (Phi) is 6.97. The van der Waals surface area contributed by atoms with Gasteiger partial charge in [-0.3, -0.25) is 9.59 Å². The fraction of sp³-hybridized carbons (Fsp3) is 0.238. The summed E-state index contributed by atoms with van der Waals surface area (Å²) in [5, 5.41) is 14.4. The quantitative estimate of drug-likeness (QED) is 0.570. The number of methoxy groups -OCH3 is 2. The minimum Gasteiger partial charge on any atom is -0.497 e. The fourth-order valence-corrected chi connectivity index (χ4v) is 3.39. The molecule has 1 heterocycles. The second kappa shape index (κ2) is 9.84. The zero-order valence-corrected chi connectivity index (χ0v) is 17.7. The number of carbonyl (C=O) groups is 2. The first-order chi connectivity index (χ1) is 14.5. The lowest BCUT2D eigenvalue weighted by atomic mass is 10.2. The van der Waals surface area contributed by atoms with Gasteiger partial charge in [0.05, 0.1) is 19.9 Å². The van der Waals surface area contributed by atoms with Crippen molar-refractivity contribution >= 4 is 34.5 Å². The SMILES string of the molecule is COc1ccc(NC(=O)c2nnc(CCC(=O)Nc3cc(C)ccc3OC)s2)cc1. The predicted octanol–water partition coefficient (Wildman–Crippen LogP) is 3.69. The highest BCUT2D eigenvalue weighted by Gasteiger charge is 2.15. The first kappa shape index (κ1) is 21.3. The number of hydrogen-bond donors (Lipinski definition) is 2. The van der Waals surface area contributed by atoms with E-state index in [0.717, 1.165) is 16.9 Å². The molecular formula is C21H22N4O4S. The van der Waals surface area contributed by atoms with Gasteiger partial charge in [0.2, 0.25) is 10.9 Å². The van der Waals surface area contributed by atoms with E-state index in [4.69, 9.17) is 9.47 Å². The lowest BCUT2D eigenvalue weighted by Crippen LogP contribution is -2.13. The molecule has 8 nitrogen and oxygen atoms in total. The number of nitrogens with one attached hydrogen (secondary N) is 2. The first-order valence-electron chi connectivity index (χ1n) is 9.20. The van der Waals surface area contributed by atoms with E-state index >= 15 is 0 Å². The molecule has 0 aliphatic rings. The maximum absolute atomic E-state index is 12.3. The Bertz CT molecular complexity index is 1030. The Hall–Kier alpha value is -3.46. The topological polar surface area (TPSA) is 102 Å². The zero-order chi connectivity index (χ0) is 21.5. The van der Waals surface area contributed by atoms with Crippen molar-refractivity contribution in [3.05, 3.63) is 58.0 Å². The van der Waals surface area contributed by atoms with E-state index in [2.05, 4.69) is 20.8 Å². The standard InChI is InChI=1S/C21H22N4O4S/c1-13-4-9-17(29-3)16(12-13)23-18(26)10-11-19-24-25-21(30-19)20(27)22-14-5-7-15(28-2)8-6-14/h4-9,12H,10-11H2,1-3H3,(H,22,27)(H,23,26). The summed E-state index contributed by atoms with van der Waals surface area (Å²) < 4.78 is 10.4. The number of ether oxygens (including phenoxy) is 2. The third-order valence-corrected chi connectivity index (χ3v) is 5.19. The summed E-state index contributed by atoms with van der Waals surface area (Å²) in [6, 6.07) is 12.6. The summed E-state index contributed by atoms with van der Waals surface area (Å²) in [7, 11) is 3.13. The van der Waals surface area contributed by atoms with Gasteiger partial charge in [0.1, 0.15) is 16.5 Å². The van der Waals surface area contributed by atoms with Crippen molar-refractivity contribution in [1.29, 1.82) is 0 Å². The number of nitrogens with zero attached hydrogens (tertiary/aromatic N) is 2. The second-order valence-corrected chi connectivity index (χ2v) is 7.50. The molecule has 156 valence electrons. The smallest absolute Gasteiger partial charge is 0.286 e. The Morgan fingerprint density at radius 1 is 1.00 bits per heavy atom. The van der Waals surface area contributed by atoms with Gasteiger partial charge in [-0.2, -0.15) is 0 Å². The average Bonchev–Trinajstić information content (AvgIpc) is 3.22. The van der Waals surface area contributed by atoms with E-state index in [-0.39, 0.29) is 23.2 Å². The average molecular weight is 426 g/mol. The molecule has 0 aliphatic heterocycles.